The SMILES string of the molecule is COc1ccc(Cl)cc1S(=O)(=O)Nc1ccc(C(=O)C2CC2)cc1. The van der Waals surface area contributed by atoms with Crippen LogP contribution in [0.25, 0.3) is 0 Å². The topological polar surface area (TPSA) is 72.5 Å². The van der Waals surface area contributed by atoms with Gasteiger partial charge in [-0.05, 0) is 55.3 Å². The fraction of sp³-hybridized carbons (Fsp3) is 0.235. The second-order valence-electron chi connectivity index (χ2n) is 5.62. The number of hydrogen-bond donors (Lipinski definition) is 1. The first-order valence-electron chi connectivity index (χ1n) is 7.41. The minimum atomic E-state index is -3.86. The summed E-state index contributed by atoms with van der Waals surface area (Å²) < 4.78 is 32.7. The van der Waals surface area contributed by atoms with Crippen LogP contribution in [0.2, 0.25) is 5.02 Å². The summed E-state index contributed by atoms with van der Waals surface area (Å²) in [7, 11) is -2.47. The van der Waals surface area contributed by atoms with E-state index in [0.29, 0.717) is 16.3 Å². The summed E-state index contributed by atoms with van der Waals surface area (Å²) in [4.78, 5) is 11.9. The van der Waals surface area contributed by atoms with E-state index in [4.69, 9.17) is 16.3 Å². The molecule has 0 heterocycles. The molecule has 0 atom stereocenters. The van der Waals surface area contributed by atoms with Gasteiger partial charge in [-0.25, -0.2) is 8.42 Å². The van der Waals surface area contributed by atoms with Crippen LogP contribution in [0.4, 0.5) is 5.69 Å². The number of Topliss-reactive ketones (excluding diaryl/α,β-unsaturated/α-hetero) is 1. The number of carbonyl (C=O) groups is 1. The number of rotatable bonds is 6. The largest absolute Gasteiger partial charge is 0.495 e. The van der Waals surface area contributed by atoms with Crippen molar-refractivity contribution < 1.29 is 17.9 Å². The van der Waals surface area contributed by atoms with E-state index < -0.39 is 10.0 Å². The van der Waals surface area contributed by atoms with Gasteiger partial charge in [-0.15, -0.1) is 0 Å². The molecule has 0 aromatic heterocycles. The Kier molecular flexibility index (Phi) is 4.51. The number of sulfonamides is 1. The second kappa shape index (κ2) is 6.45. The number of hydrogen-bond acceptors (Lipinski definition) is 4. The van der Waals surface area contributed by atoms with Crippen molar-refractivity contribution in [2.24, 2.45) is 5.92 Å². The van der Waals surface area contributed by atoms with E-state index in [1.165, 1.54) is 19.2 Å². The lowest BCUT2D eigenvalue weighted by molar-refractivity contribution is 0.0967. The van der Waals surface area contributed by atoms with Crippen LogP contribution in [0.3, 0.4) is 0 Å². The van der Waals surface area contributed by atoms with Gasteiger partial charge in [-0.2, -0.15) is 0 Å². The van der Waals surface area contributed by atoms with Crippen LogP contribution in [-0.4, -0.2) is 21.3 Å². The average molecular weight is 366 g/mol. The molecule has 1 N–H and O–H groups in total. The summed E-state index contributed by atoms with van der Waals surface area (Å²) in [5.74, 6) is 0.441. The van der Waals surface area contributed by atoms with Crippen LogP contribution in [0.1, 0.15) is 23.2 Å². The van der Waals surface area contributed by atoms with Gasteiger partial charge in [0.1, 0.15) is 10.6 Å². The Morgan fingerprint density at radius 3 is 2.42 bits per heavy atom. The Morgan fingerprint density at radius 2 is 1.83 bits per heavy atom. The number of carbonyl (C=O) groups excluding carboxylic acids is 1. The van der Waals surface area contributed by atoms with Crippen molar-refractivity contribution in [1.29, 1.82) is 0 Å². The maximum absolute atomic E-state index is 12.6. The van der Waals surface area contributed by atoms with Crippen LogP contribution in [0.15, 0.2) is 47.4 Å². The second-order valence-corrected chi connectivity index (χ2v) is 7.70. The van der Waals surface area contributed by atoms with E-state index in [-0.39, 0.29) is 22.3 Å². The zero-order chi connectivity index (χ0) is 17.3. The maximum Gasteiger partial charge on any atom is 0.265 e. The number of nitrogens with one attached hydrogen (secondary N) is 1. The zero-order valence-corrected chi connectivity index (χ0v) is 14.5. The van der Waals surface area contributed by atoms with E-state index in [0.717, 1.165) is 12.8 Å². The highest BCUT2D eigenvalue weighted by Crippen LogP contribution is 2.33. The molecule has 1 saturated carbocycles. The number of anilines is 1. The Balaban J connectivity index is 1.84. The van der Waals surface area contributed by atoms with Crippen LogP contribution in [0.5, 0.6) is 5.75 Å². The van der Waals surface area contributed by atoms with Crippen molar-refractivity contribution in [3.8, 4) is 5.75 Å². The predicted octanol–water partition coefficient (Wildman–Crippen LogP) is 3.74. The average Bonchev–Trinajstić information content (AvgIpc) is 3.39. The van der Waals surface area contributed by atoms with Crippen LogP contribution < -0.4 is 9.46 Å². The molecule has 1 aliphatic rings. The summed E-state index contributed by atoms with van der Waals surface area (Å²) in [6.07, 6.45) is 1.86. The summed E-state index contributed by atoms with van der Waals surface area (Å²) in [6.45, 7) is 0. The lowest BCUT2D eigenvalue weighted by atomic mass is 10.1. The summed E-state index contributed by atoms with van der Waals surface area (Å²) in [6, 6.07) is 10.8. The first-order valence-corrected chi connectivity index (χ1v) is 9.27. The Labute approximate surface area is 145 Å². The van der Waals surface area contributed by atoms with Crippen molar-refractivity contribution in [1.82, 2.24) is 0 Å². The minimum absolute atomic E-state index is 0.0457. The fourth-order valence-corrected chi connectivity index (χ4v) is 3.85. The van der Waals surface area contributed by atoms with Gasteiger partial charge in [0.2, 0.25) is 0 Å². The quantitative estimate of drug-likeness (QED) is 0.791. The molecule has 0 radical (unpaired) electrons. The molecule has 0 bridgehead atoms. The highest BCUT2D eigenvalue weighted by molar-refractivity contribution is 7.92. The number of halogens is 1. The molecule has 24 heavy (non-hydrogen) atoms. The number of ether oxygens (including phenoxy) is 1. The molecule has 0 unspecified atom stereocenters. The molecule has 5 nitrogen and oxygen atoms in total. The van der Waals surface area contributed by atoms with Crippen LogP contribution in [0, 0.1) is 5.92 Å². The number of ketones is 1. The number of methoxy groups -OCH3 is 1. The van der Waals surface area contributed by atoms with Gasteiger partial charge in [-0.3, -0.25) is 9.52 Å². The van der Waals surface area contributed by atoms with Crippen LogP contribution >= 0.6 is 11.6 Å². The monoisotopic (exact) mass is 365 g/mol. The Morgan fingerprint density at radius 1 is 1.17 bits per heavy atom. The molecule has 1 aliphatic carbocycles. The van der Waals surface area contributed by atoms with Gasteiger partial charge in [0.05, 0.1) is 7.11 Å². The normalized spacial score (nSPS) is 14.2. The van der Waals surface area contributed by atoms with Gasteiger partial charge in [0.25, 0.3) is 10.0 Å². The van der Waals surface area contributed by atoms with Crippen molar-refractivity contribution in [2.75, 3.05) is 11.8 Å². The molecular weight excluding hydrogens is 350 g/mol. The molecule has 0 aliphatic heterocycles. The highest BCUT2D eigenvalue weighted by atomic mass is 35.5. The molecule has 126 valence electrons. The van der Waals surface area contributed by atoms with Crippen molar-refractivity contribution in [2.45, 2.75) is 17.7 Å². The fourth-order valence-electron chi connectivity index (χ4n) is 2.35. The van der Waals surface area contributed by atoms with Crippen molar-refractivity contribution >= 4 is 33.1 Å². The number of benzene rings is 2. The van der Waals surface area contributed by atoms with Gasteiger partial charge >= 0.3 is 0 Å². The predicted molar refractivity (Wildman–Crippen MR) is 92.3 cm³/mol. The first kappa shape index (κ1) is 16.8. The standard InChI is InChI=1S/C17H16ClNO4S/c1-23-15-9-6-13(18)10-16(15)24(21,22)19-14-7-4-12(5-8-14)17(20)11-2-3-11/h4-11,19H,2-3H2,1H3. The molecule has 0 saturated heterocycles. The summed E-state index contributed by atoms with van der Waals surface area (Å²) in [5, 5.41) is 0.293. The van der Waals surface area contributed by atoms with Gasteiger partial charge in [0, 0.05) is 22.2 Å². The molecule has 7 heteroatoms. The molecule has 1 fully saturated rings. The molecule has 0 amide bonds. The summed E-state index contributed by atoms with van der Waals surface area (Å²) in [5.41, 5.74) is 0.963. The lowest BCUT2D eigenvalue weighted by Crippen LogP contribution is -2.14. The molecule has 0 spiro atoms. The first-order chi connectivity index (χ1) is 11.4. The Hall–Kier alpha value is -2.05. The Bertz CT molecular complexity index is 874. The lowest BCUT2D eigenvalue weighted by Gasteiger charge is -2.12. The van der Waals surface area contributed by atoms with E-state index in [9.17, 15) is 13.2 Å². The smallest absolute Gasteiger partial charge is 0.265 e. The molecule has 3 rings (SSSR count). The van der Waals surface area contributed by atoms with Gasteiger partial charge in [0.15, 0.2) is 5.78 Å². The van der Waals surface area contributed by atoms with E-state index in [2.05, 4.69) is 4.72 Å². The molecule has 2 aromatic carbocycles. The van der Waals surface area contributed by atoms with E-state index in [1.807, 2.05) is 0 Å². The van der Waals surface area contributed by atoms with Crippen molar-refractivity contribution in [3.05, 3.63) is 53.1 Å². The molecule has 2 aromatic rings. The van der Waals surface area contributed by atoms with Gasteiger partial charge in [-0.1, -0.05) is 11.6 Å². The maximum atomic E-state index is 12.6. The minimum Gasteiger partial charge on any atom is -0.495 e. The summed E-state index contributed by atoms with van der Waals surface area (Å²) >= 11 is 5.89. The molecular formula is C17H16ClNO4S. The third kappa shape index (κ3) is 3.55. The third-order valence-corrected chi connectivity index (χ3v) is 5.42. The van der Waals surface area contributed by atoms with Gasteiger partial charge < -0.3 is 4.74 Å². The van der Waals surface area contributed by atoms with E-state index in [1.54, 1.807) is 30.3 Å². The zero-order valence-electron chi connectivity index (χ0n) is 13.0. The van der Waals surface area contributed by atoms with Crippen LogP contribution in [-0.2, 0) is 10.0 Å². The highest BCUT2D eigenvalue weighted by Gasteiger charge is 2.30. The third-order valence-electron chi connectivity index (χ3n) is 3.78. The van der Waals surface area contributed by atoms with Crippen molar-refractivity contribution in [3.63, 3.8) is 0 Å². The van der Waals surface area contributed by atoms with E-state index >= 15 is 0 Å².